The number of hydrogen-bond donors (Lipinski definition) is 2. The fourth-order valence-corrected chi connectivity index (χ4v) is 2.73. The highest BCUT2D eigenvalue weighted by Crippen LogP contribution is 2.38. The molecule has 0 unspecified atom stereocenters. The number of carboxylic acid groups (broad SMARTS) is 1. The van der Waals surface area contributed by atoms with Crippen molar-refractivity contribution in [3.05, 3.63) is 17.2 Å². The van der Waals surface area contributed by atoms with E-state index in [1.807, 2.05) is 11.6 Å². The molecule has 2 aromatic rings. The molecule has 1 amide bonds. The summed E-state index contributed by atoms with van der Waals surface area (Å²) in [5.74, 6) is 0.355. The molecular formula is C12H14ClN5O2. The van der Waals surface area contributed by atoms with E-state index in [2.05, 4.69) is 20.4 Å². The van der Waals surface area contributed by atoms with Crippen LogP contribution in [0.4, 0.5) is 4.79 Å². The Labute approximate surface area is 120 Å². The van der Waals surface area contributed by atoms with Gasteiger partial charge in [-0.05, 0) is 37.3 Å². The third kappa shape index (κ3) is 2.29. The predicted molar refractivity (Wildman–Crippen MR) is 72.9 cm³/mol. The molecule has 20 heavy (non-hydrogen) atoms. The van der Waals surface area contributed by atoms with E-state index in [0.717, 1.165) is 29.6 Å². The third-order valence-corrected chi connectivity index (χ3v) is 3.88. The van der Waals surface area contributed by atoms with Crippen LogP contribution in [0.5, 0.6) is 0 Å². The summed E-state index contributed by atoms with van der Waals surface area (Å²) in [7, 11) is 0. The van der Waals surface area contributed by atoms with E-state index in [0.29, 0.717) is 12.5 Å². The standard InChI is InChI=1S/C12H14ClN5O2/c1-6-9-5-14-11(13)16-10(9)18(17-6)8-2-7(3-8)4-15-12(19)20/h5,7-8,15H,2-4H2,1H3,(H,19,20)/t7-,8-. The molecule has 106 valence electrons. The van der Waals surface area contributed by atoms with E-state index in [1.54, 1.807) is 6.20 Å². The van der Waals surface area contributed by atoms with Gasteiger partial charge >= 0.3 is 6.09 Å². The van der Waals surface area contributed by atoms with Gasteiger partial charge in [0, 0.05) is 12.7 Å². The fourth-order valence-electron chi connectivity index (χ4n) is 2.60. The van der Waals surface area contributed by atoms with Gasteiger partial charge in [0.1, 0.15) is 0 Å². The van der Waals surface area contributed by atoms with Crippen LogP contribution in [0.15, 0.2) is 6.20 Å². The van der Waals surface area contributed by atoms with Crippen LogP contribution >= 0.6 is 11.6 Å². The normalized spacial score (nSPS) is 21.7. The van der Waals surface area contributed by atoms with Gasteiger partial charge < -0.3 is 10.4 Å². The van der Waals surface area contributed by atoms with Gasteiger partial charge in [-0.3, -0.25) is 0 Å². The van der Waals surface area contributed by atoms with E-state index in [-0.39, 0.29) is 11.3 Å². The largest absolute Gasteiger partial charge is 0.465 e. The molecule has 2 heterocycles. The van der Waals surface area contributed by atoms with Crippen molar-refractivity contribution in [3.63, 3.8) is 0 Å². The third-order valence-electron chi connectivity index (χ3n) is 3.70. The van der Waals surface area contributed by atoms with E-state index in [9.17, 15) is 4.79 Å². The highest BCUT2D eigenvalue weighted by Gasteiger charge is 2.32. The number of aryl methyl sites for hydroxylation is 1. The molecule has 0 aromatic carbocycles. The van der Waals surface area contributed by atoms with Crippen LogP contribution in [0, 0.1) is 12.8 Å². The maximum atomic E-state index is 10.5. The lowest BCUT2D eigenvalue weighted by Crippen LogP contribution is -2.36. The van der Waals surface area contributed by atoms with Crippen LogP contribution in [0.3, 0.4) is 0 Å². The lowest BCUT2D eigenvalue weighted by molar-refractivity contribution is 0.165. The summed E-state index contributed by atoms with van der Waals surface area (Å²) in [6, 6.07) is 0.248. The van der Waals surface area contributed by atoms with Crippen molar-refractivity contribution in [3.8, 4) is 0 Å². The second-order valence-corrected chi connectivity index (χ2v) is 5.42. The van der Waals surface area contributed by atoms with Gasteiger partial charge in [-0.15, -0.1) is 0 Å². The molecule has 1 fully saturated rings. The zero-order valence-electron chi connectivity index (χ0n) is 10.9. The summed E-state index contributed by atoms with van der Waals surface area (Å²) in [5, 5.41) is 16.6. The summed E-state index contributed by atoms with van der Waals surface area (Å²) in [4.78, 5) is 18.7. The Morgan fingerprint density at radius 3 is 3.05 bits per heavy atom. The van der Waals surface area contributed by atoms with Crippen molar-refractivity contribution in [1.29, 1.82) is 0 Å². The smallest absolute Gasteiger partial charge is 0.404 e. The minimum Gasteiger partial charge on any atom is -0.465 e. The number of aromatic nitrogens is 4. The Morgan fingerprint density at radius 2 is 2.35 bits per heavy atom. The zero-order valence-corrected chi connectivity index (χ0v) is 11.6. The van der Waals surface area contributed by atoms with Crippen LogP contribution in [0.25, 0.3) is 11.0 Å². The molecule has 3 rings (SSSR count). The molecule has 0 saturated heterocycles. The van der Waals surface area contributed by atoms with Gasteiger partial charge in [0.25, 0.3) is 0 Å². The van der Waals surface area contributed by atoms with Crippen LogP contribution in [0.1, 0.15) is 24.6 Å². The minimum atomic E-state index is -0.978. The number of hydrogen-bond acceptors (Lipinski definition) is 4. The monoisotopic (exact) mass is 295 g/mol. The van der Waals surface area contributed by atoms with Crippen molar-refractivity contribution in [2.24, 2.45) is 5.92 Å². The first-order chi connectivity index (χ1) is 9.54. The molecule has 0 spiro atoms. The number of fused-ring (bicyclic) bond motifs is 1. The lowest BCUT2D eigenvalue weighted by Gasteiger charge is -2.35. The molecule has 1 saturated carbocycles. The van der Waals surface area contributed by atoms with Gasteiger partial charge in [0.2, 0.25) is 5.28 Å². The van der Waals surface area contributed by atoms with E-state index in [1.165, 1.54) is 0 Å². The summed E-state index contributed by atoms with van der Waals surface area (Å²) < 4.78 is 1.88. The summed E-state index contributed by atoms with van der Waals surface area (Å²) in [6.07, 6.45) is 2.48. The number of halogens is 1. The van der Waals surface area contributed by atoms with Crippen molar-refractivity contribution in [2.75, 3.05) is 6.54 Å². The molecule has 1 aliphatic rings. The number of amides is 1. The average molecular weight is 296 g/mol. The maximum Gasteiger partial charge on any atom is 0.404 e. The molecule has 2 N–H and O–H groups in total. The SMILES string of the molecule is Cc1nn([C@H]2C[C@H](CNC(=O)O)C2)c2nc(Cl)ncc12. The average Bonchev–Trinajstić information content (AvgIpc) is 2.64. The van der Waals surface area contributed by atoms with Gasteiger partial charge in [-0.1, -0.05) is 0 Å². The molecule has 8 heteroatoms. The van der Waals surface area contributed by atoms with E-state index < -0.39 is 6.09 Å². The Morgan fingerprint density at radius 1 is 1.60 bits per heavy atom. The number of carbonyl (C=O) groups is 1. The van der Waals surface area contributed by atoms with Gasteiger partial charge in [0.05, 0.1) is 17.1 Å². The van der Waals surface area contributed by atoms with Crippen LogP contribution in [-0.2, 0) is 0 Å². The van der Waals surface area contributed by atoms with Gasteiger partial charge in [0.15, 0.2) is 5.65 Å². The molecule has 0 bridgehead atoms. The van der Waals surface area contributed by atoms with Crippen LogP contribution in [0.2, 0.25) is 5.28 Å². The molecule has 7 nitrogen and oxygen atoms in total. The highest BCUT2D eigenvalue weighted by atomic mass is 35.5. The first-order valence-electron chi connectivity index (χ1n) is 6.38. The summed E-state index contributed by atoms with van der Waals surface area (Å²) in [5.41, 5.74) is 1.63. The summed E-state index contributed by atoms with van der Waals surface area (Å²) >= 11 is 5.84. The van der Waals surface area contributed by atoms with Crippen molar-refractivity contribution in [2.45, 2.75) is 25.8 Å². The molecule has 1 aliphatic carbocycles. The highest BCUT2D eigenvalue weighted by molar-refractivity contribution is 6.28. The first kappa shape index (κ1) is 13.1. The Balaban J connectivity index is 1.76. The Kier molecular flexibility index (Phi) is 3.21. The number of rotatable bonds is 3. The predicted octanol–water partition coefficient (Wildman–Crippen LogP) is 2.01. The topological polar surface area (TPSA) is 92.9 Å². The van der Waals surface area contributed by atoms with Gasteiger partial charge in [-0.25, -0.2) is 14.5 Å². The zero-order chi connectivity index (χ0) is 14.3. The lowest BCUT2D eigenvalue weighted by atomic mass is 9.80. The molecule has 0 atom stereocenters. The van der Waals surface area contributed by atoms with Crippen molar-refractivity contribution >= 4 is 28.7 Å². The molecular weight excluding hydrogens is 282 g/mol. The second-order valence-electron chi connectivity index (χ2n) is 5.08. The second kappa shape index (κ2) is 4.90. The molecule has 2 aromatic heterocycles. The Bertz CT molecular complexity index is 665. The molecule has 0 radical (unpaired) electrons. The minimum absolute atomic E-state index is 0.210. The van der Waals surface area contributed by atoms with Crippen molar-refractivity contribution in [1.82, 2.24) is 25.1 Å². The maximum absolute atomic E-state index is 10.5. The number of nitrogens with zero attached hydrogens (tertiary/aromatic N) is 4. The van der Waals surface area contributed by atoms with Crippen molar-refractivity contribution < 1.29 is 9.90 Å². The van der Waals surface area contributed by atoms with Crippen LogP contribution in [-0.4, -0.2) is 37.5 Å². The van der Waals surface area contributed by atoms with Gasteiger partial charge in [-0.2, -0.15) is 10.1 Å². The summed E-state index contributed by atoms with van der Waals surface area (Å²) in [6.45, 7) is 2.40. The van der Waals surface area contributed by atoms with Crippen LogP contribution < -0.4 is 5.32 Å². The molecule has 0 aliphatic heterocycles. The quantitative estimate of drug-likeness (QED) is 0.845. The fraction of sp³-hybridized carbons (Fsp3) is 0.500. The Hall–Kier alpha value is -1.89. The number of nitrogens with one attached hydrogen (secondary N) is 1. The first-order valence-corrected chi connectivity index (χ1v) is 6.76. The van der Waals surface area contributed by atoms with E-state index >= 15 is 0 Å². The van der Waals surface area contributed by atoms with E-state index in [4.69, 9.17) is 16.7 Å².